The van der Waals surface area contributed by atoms with Gasteiger partial charge in [-0.2, -0.15) is 0 Å². The lowest BCUT2D eigenvalue weighted by Gasteiger charge is -2.18. The molecule has 1 aromatic heterocycles. The molecular formula is C16H22N4O. The Balaban J connectivity index is 2.12. The molecule has 1 heterocycles. The van der Waals surface area contributed by atoms with Crippen LogP contribution in [-0.4, -0.2) is 31.2 Å². The molecule has 1 aromatic carbocycles. The van der Waals surface area contributed by atoms with Crippen molar-refractivity contribution in [3.63, 3.8) is 0 Å². The Labute approximate surface area is 126 Å². The largest absolute Gasteiger partial charge is 0.497 e. The highest BCUT2D eigenvalue weighted by Gasteiger charge is 2.08. The van der Waals surface area contributed by atoms with Crippen LogP contribution in [0.4, 0.5) is 5.95 Å². The summed E-state index contributed by atoms with van der Waals surface area (Å²) in [6.07, 6.45) is 1.89. The Kier molecular flexibility index (Phi) is 5.11. The topological polar surface area (TPSA) is 50.3 Å². The van der Waals surface area contributed by atoms with Crippen LogP contribution in [0.25, 0.3) is 0 Å². The van der Waals surface area contributed by atoms with Crippen molar-refractivity contribution in [1.29, 1.82) is 0 Å². The molecule has 0 aliphatic heterocycles. The lowest BCUT2D eigenvalue weighted by Crippen LogP contribution is -2.20. The number of aromatic nitrogens is 2. The van der Waals surface area contributed by atoms with Gasteiger partial charge in [0.1, 0.15) is 5.75 Å². The quantitative estimate of drug-likeness (QED) is 0.882. The maximum absolute atomic E-state index is 5.25. The minimum atomic E-state index is 0.732. The van der Waals surface area contributed by atoms with Crippen LogP contribution in [-0.2, 0) is 13.1 Å². The van der Waals surface area contributed by atoms with Crippen molar-refractivity contribution >= 4 is 5.95 Å². The fourth-order valence-corrected chi connectivity index (χ4v) is 2.14. The van der Waals surface area contributed by atoms with Gasteiger partial charge in [0.2, 0.25) is 5.95 Å². The van der Waals surface area contributed by atoms with Gasteiger partial charge in [-0.15, -0.1) is 0 Å². The zero-order chi connectivity index (χ0) is 15.2. The maximum Gasteiger partial charge on any atom is 0.225 e. The molecule has 2 aromatic rings. The average molecular weight is 286 g/mol. The second kappa shape index (κ2) is 7.04. The molecule has 2 rings (SSSR count). The minimum absolute atomic E-state index is 0.732. The third kappa shape index (κ3) is 3.92. The van der Waals surface area contributed by atoms with Crippen molar-refractivity contribution < 1.29 is 4.74 Å². The summed E-state index contributed by atoms with van der Waals surface area (Å²) >= 11 is 0. The monoisotopic (exact) mass is 286 g/mol. The molecule has 0 bridgehead atoms. The van der Waals surface area contributed by atoms with Crippen molar-refractivity contribution in [2.24, 2.45) is 0 Å². The van der Waals surface area contributed by atoms with Gasteiger partial charge in [-0.05, 0) is 31.7 Å². The number of hydrogen-bond acceptors (Lipinski definition) is 5. The molecule has 5 heteroatoms. The molecule has 0 amide bonds. The zero-order valence-electron chi connectivity index (χ0n) is 13.1. The molecule has 112 valence electrons. The van der Waals surface area contributed by atoms with Crippen molar-refractivity contribution in [2.45, 2.75) is 20.0 Å². The van der Waals surface area contributed by atoms with Crippen LogP contribution in [0, 0.1) is 6.92 Å². The van der Waals surface area contributed by atoms with Crippen LogP contribution in [0.2, 0.25) is 0 Å². The third-order valence-corrected chi connectivity index (χ3v) is 3.33. The smallest absolute Gasteiger partial charge is 0.225 e. The molecule has 0 atom stereocenters. The number of aryl methyl sites for hydroxylation is 1. The van der Waals surface area contributed by atoms with E-state index < -0.39 is 0 Å². The van der Waals surface area contributed by atoms with Gasteiger partial charge < -0.3 is 15.0 Å². The van der Waals surface area contributed by atoms with E-state index in [1.165, 1.54) is 0 Å². The van der Waals surface area contributed by atoms with Crippen molar-refractivity contribution in [1.82, 2.24) is 15.3 Å². The second-order valence-electron chi connectivity index (χ2n) is 5.02. The molecule has 1 N–H and O–H groups in total. The fourth-order valence-electron chi connectivity index (χ4n) is 2.14. The SMILES string of the molecule is CNCc1cnc(N(C)Cc2cccc(OC)c2)nc1C. The van der Waals surface area contributed by atoms with E-state index in [2.05, 4.69) is 21.4 Å². The van der Waals surface area contributed by atoms with E-state index in [1.807, 2.05) is 50.3 Å². The van der Waals surface area contributed by atoms with Crippen LogP contribution < -0.4 is 15.0 Å². The van der Waals surface area contributed by atoms with Crippen molar-refractivity contribution in [3.05, 3.63) is 47.3 Å². The van der Waals surface area contributed by atoms with Crippen LogP contribution in [0.3, 0.4) is 0 Å². The first-order chi connectivity index (χ1) is 10.1. The fraction of sp³-hybridized carbons (Fsp3) is 0.375. The summed E-state index contributed by atoms with van der Waals surface area (Å²) in [4.78, 5) is 11.0. The Morgan fingerprint density at radius 2 is 2.14 bits per heavy atom. The van der Waals surface area contributed by atoms with Crippen LogP contribution in [0.1, 0.15) is 16.8 Å². The molecule has 0 aliphatic rings. The highest BCUT2D eigenvalue weighted by molar-refractivity contribution is 5.36. The molecule has 0 radical (unpaired) electrons. The molecule has 0 saturated heterocycles. The number of anilines is 1. The zero-order valence-corrected chi connectivity index (χ0v) is 13.1. The standard InChI is InChI=1S/C16H22N4O/c1-12-14(9-17-2)10-18-16(19-12)20(3)11-13-6-5-7-15(8-13)21-4/h5-8,10,17H,9,11H2,1-4H3. The van der Waals surface area contributed by atoms with E-state index in [0.717, 1.165) is 41.6 Å². The highest BCUT2D eigenvalue weighted by Crippen LogP contribution is 2.16. The van der Waals surface area contributed by atoms with E-state index in [0.29, 0.717) is 0 Å². The van der Waals surface area contributed by atoms with E-state index in [4.69, 9.17) is 4.74 Å². The van der Waals surface area contributed by atoms with Crippen LogP contribution in [0.15, 0.2) is 30.5 Å². The van der Waals surface area contributed by atoms with E-state index in [9.17, 15) is 0 Å². The predicted molar refractivity (Wildman–Crippen MR) is 84.6 cm³/mol. The first-order valence-electron chi connectivity index (χ1n) is 6.95. The number of benzene rings is 1. The van der Waals surface area contributed by atoms with Gasteiger partial charge >= 0.3 is 0 Å². The Morgan fingerprint density at radius 3 is 2.81 bits per heavy atom. The maximum atomic E-state index is 5.25. The summed E-state index contributed by atoms with van der Waals surface area (Å²) in [5.41, 5.74) is 3.29. The molecule has 0 fully saturated rings. The lowest BCUT2D eigenvalue weighted by molar-refractivity contribution is 0.414. The van der Waals surface area contributed by atoms with Gasteiger partial charge in [-0.25, -0.2) is 9.97 Å². The van der Waals surface area contributed by atoms with Gasteiger partial charge in [-0.1, -0.05) is 12.1 Å². The molecule has 0 saturated carbocycles. The molecule has 0 spiro atoms. The summed E-state index contributed by atoms with van der Waals surface area (Å²) < 4.78 is 5.25. The Bertz CT molecular complexity index is 601. The highest BCUT2D eigenvalue weighted by atomic mass is 16.5. The number of methoxy groups -OCH3 is 1. The minimum Gasteiger partial charge on any atom is -0.497 e. The molecule has 0 unspecified atom stereocenters. The number of nitrogens with one attached hydrogen (secondary N) is 1. The van der Waals surface area contributed by atoms with E-state index in [-0.39, 0.29) is 0 Å². The van der Waals surface area contributed by atoms with Crippen molar-refractivity contribution in [2.75, 3.05) is 26.1 Å². The number of nitrogens with zero attached hydrogens (tertiary/aromatic N) is 3. The normalized spacial score (nSPS) is 10.5. The molecule has 0 aliphatic carbocycles. The second-order valence-corrected chi connectivity index (χ2v) is 5.02. The number of hydrogen-bond donors (Lipinski definition) is 1. The van der Waals surface area contributed by atoms with Gasteiger partial charge in [0.15, 0.2) is 0 Å². The average Bonchev–Trinajstić information content (AvgIpc) is 2.49. The van der Waals surface area contributed by atoms with E-state index in [1.54, 1.807) is 7.11 Å². The lowest BCUT2D eigenvalue weighted by atomic mass is 10.2. The van der Waals surface area contributed by atoms with Gasteiger partial charge in [-0.3, -0.25) is 0 Å². The van der Waals surface area contributed by atoms with Gasteiger partial charge in [0, 0.05) is 37.6 Å². The summed E-state index contributed by atoms with van der Waals surface area (Å²) in [5.74, 6) is 1.59. The first-order valence-corrected chi connectivity index (χ1v) is 6.95. The van der Waals surface area contributed by atoms with Gasteiger partial charge in [0.25, 0.3) is 0 Å². The Morgan fingerprint density at radius 1 is 1.33 bits per heavy atom. The van der Waals surface area contributed by atoms with Crippen LogP contribution >= 0.6 is 0 Å². The summed E-state index contributed by atoms with van der Waals surface area (Å²) in [6.45, 7) is 3.53. The summed E-state index contributed by atoms with van der Waals surface area (Å²) in [6, 6.07) is 8.03. The molecule has 5 nitrogen and oxygen atoms in total. The molecule has 21 heavy (non-hydrogen) atoms. The first kappa shape index (κ1) is 15.3. The van der Waals surface area contributed by atoms with Gasteiger partial charge in [0.05, 0.1) is 7.11 Å². The molecular weight excluding hydrogens is 264 g/mol. The third-order valence-electron chi connectivity index (χ3n) is 3.33. The Hall–Kier alpha value is -2.14. The summed E-state index contributed by atoms with van der Waals surface area (Å²) in [7, 11) is 5.59. The predicted octanol–water partition coefficient (Wildman–Crippen LogP) is 2.15. The summed E-state index contributed by atoms with van der Waals surface area (Å²) in [5, 5.41) is 3.12. The number of ether oxygens (including phenoxy) is 1. The van der Waals surface area contributed by atoms with Crippen LogP contribution in [0.5, 0.6) is 5.75 Å². The van der Waals surface area contributed by atoms with E-state index >= 15 is 0 Å². The van der Waals surface area contributed by atoms with Crippen molar-refractivity contribution in [3.8, 4) is 5.75 Å². The number of rotatable bonds is 6.